The quantitative estimate of drug-likeness (QED) is 0.808. The van der Waals surface area contributed by atoms with Gasteiger partial charge in [0, 0.05) is 16.8 Å². The van der Waals surface area contributed by atoms with Gasteiger partial charge in [0.2, 0.25) is 0 Å². The number of para-hydroxylation sites is 1. The molecule has 3 N–H and O–H groups in total. The number of hydrogen-bond donors (Lipinski definition) is 2. The normalized spacial score (nSPS) is 10.0. The smallest absolute Gasteiger partial charge is 0.180 e. The third-order valence-corrected chi connectivity index (χ3v) is 2.64. The first kappa shape index (κ1) is 9.02. The molecule has 0 atom stereocenters. The zero-order valence-corrected chi connectivity index (χ0v) is 8.42. The molecule has 0 saturated heterocycles. The van der Waals surface area contributed by atoms with E-state index in [0.717, 1.165) is 17.1 Å². The SMILES string of the molecule is Nc1ncc(CNc2ccccc2)s1. The average Bonchev–Trinajstić information content (AvgIpc) is 2.63. The van der Waals surface area contributed by atoms with Crippen molar-refractivity contribution in [2.75, 3.05) is 11.1 Å². The number of aromatic nitrogens is 1. The van der Waals surface area contributed by atoms with Crippen molar-refractivity contribution in [1.29, 1.82) is 0 Å². The molecule has 2 rings (SSSR count). The standard InChI is InChI=1S/C10H11N3S/c11-10-13-7-9(14-10)6-12-8-4-2-1-3-5-8/h1-5,7,12H,6H2,(H2,11,13). The molecule has 2 aromatic rings. The fourth-order valence-electron chi connectivity index (χ4n) is 1.15. The van der Waals surface area contributed by atoms with E-state index in [0.29, 0.717) is 5.13 Å². The Balaban J connectivity index is 1.95. The Labute approximate surface area is 86.6 Å². The van der Waals surface area contributed by atoms with Crippen LogP contribution in [0.4, 0.5) is 10.8 Å². The Morgan fingerprint density at radius 1 is 1.29 bits per heavy atom. The summed E-state index contributed by atoms with van der Waals surface area (Å²) >= 11 is 1.51. The molecule has 0 unspecified atom stereocenters. The maximum absolute atomic E-state index is 5.53. The first-order chi connectivity index (χ1) is 6.84. The van der Waals surface area contributed by atoms with Crippen LogP contribution in [0.25, 0.3) is 0 Å². The van der Waals surface area contributed by atoms with Gasteiger partial charge < -0.3 is 11.1 Å². The predicted octanol–water partition coefficient (Wildman–Crippen LogP) is 2.34. The molecule has 4 heteroatoms. The number of nitrogens with two attached hydrogens (primary N) is 1. The Hall–Kier alpha value is -1.55. The highest BCUT2D eigenvalue weighted by Crippen LogP contribution is 2.16. The summed E-state index contributed by atoms with van der Waals surface area (Å²) in [4.78, 5) is 5.13. The van der Waals surface area contributed by atoms with Crippen molar-refractivity contribution in [3.8, 4) is 0 Å². The first-order valence-electron chi connectivity index (χ1n) is 4.34. The lowest BCUT2D eigenvalue weighted by Gasteiger charge is -2.02. The second-order valence-corrected chi connectivity index (χ2v) is 4.03. The molecule has 0 spiro atoms. The molecule has 1 aromatic heterocycles. The van der Waals surface area contributed by atoms with Crippen LogP contribution in [0.5, 0.6) is 0 Å². The Morgan fingerprint density at radius 3 is 2.71 bits per heavy atom. The van der Waals surface area contributed by atoms with Crippen LogP contribution in [0.15, 0.2) is 36.5 Å². The summed E-state index contributed by atoms with van der Waals surface area (Å²) in [6.07, 6.45) is 1.80. The molecule has 14 heavy (non-hydrogen) atoms. The lowest BCUT2D eigenvalue weighted by molar-refractivity contribution is 1.18. The third-order valence-electron chi connectivity index (χ3n) is 1.81. The van der Waals surface area contributed by atoms with E-state index in [1.54, 1.807) is 6.20 Å². The van der Waals surface area contributed by atoms with E-state index in [4.69, 9.17) is 5.73 Å². The number of thiazole rings is 1. The number of nitrogens with zero attached hydrogens (tertiary/aromatic N) is 1. The van der Waals surface area contributed by atoms with Gasteiger partial charge in [-0.05, 0) is 12.1 Å². The average molecular weight is 205 g/mol. The molecule has 1 heterocycles. The van der Waals surface area contributed by atoms with Gasteiger partial charge in [0.15, 0.2) is 5.13 Å². The lowest BCUT2D eigenvalue weighted by Crippen LogP contribution is -1.96. The third kappa shape index (κ3) is 2.23. The van der Waals surface area contributed by atoms with Crippen molar-refractivity contribution in [1.82, 2.24) is 4.98 Å². The fourth-order valence-corrected chi connectivity index (χ4v) is 1.77. The van der Waals surface area contributed by atoms with Gasteiger partial charge in [0.25, 0.3) is 0 Å². The van der Waals surface area contributed by atoms with E-state index in [9.17, 15) is 0 Å². The van der Waals surface area contributed by atoms with Crippen molar-refractivity contribution in [2.24, 2.45) is 0 Å². The maximum Gasteiger partial charge on any atom is 0.180 e. The Kier molecular flexibility index (Phi) is 2.65. The van der Waals surface area contributed by atoms with E-state index in [1.165, 1.54) is 11.3 Å². The van der Waals surface area contributed by atoms with Crippen LogP contribution in [-0.4, -0.2) is 4.98 Å². The predicted molar refractivity (Wildman–Crippen MR) is 60.3 cm³/mol. The fraction of sp³-hybridized carbons (Fsp3) is 0.100. The minimum absolute atomic E-state index is 0.620. The summed E-state index contributed by atoms with van der Waals surface area (Å²) in [5.74, 6) is 0. The van der Waals surface area contributed by atoms with Crippen LogP contribution in [0.2, 0.25) is 0 Å². The lowest BCUT2D eigenvalue weighted by atomic mass is 10.3. The number of benzene rings is 1. The van der Waals surface area contributed by atoms with Crippen LogP contribution >= 0.6 is 11.3 Å². The van der Waals surface area contributed by atoms with Gasteiger partial charge in [0.1, 0.15) is 0 Å². The summed E-state index contributed by atoms with van der Waals surface area (Å²) in [5, 5.41) is 3.91. The zero-order chi connectivity index (χ0) is 9.80. The van der Waals surface area contributed by atoms with Gasteiger partial charge in [-0.25, -0.2) is 4.98 Å². The second-order valence-electron chi connectivity index (χ2n) is 2.88. The first-order valence-corrected chi connectivity index (χ1v) is 5.15. The topological polar surface area (TPSA) is 50.9 Å². The summed E-state index contributed by atoms with van der Waals surface area (Å²) in [6.45, 7) is 0.777. The van der Waals surface area contributed by atoms with Crippen LogP contribution < -0.4 is 11.1 Å². The summed E-state index contributed by atoms with van der Waals surface area (Å²) < 4.78 is 0. The molecule has 0 aliphatic carbocycles. The van der Waals surface area contributed by atoms with E-state index in [-0.39, 0.29) is 0 Å². The van der Waals surface area contributed by atoms with Gasteiger partial charge in [-0.3, -0.25) is 0 Å². The van der Waals surface area contributed by atoms with Gasteiger partial charge in [-0.1, -0.05) is 18.2 Å². The van der Waals surface area contributed by atoms with Crippen molar-refractivity contribution in [2.45, 2.75) is 6.54 Å². The molecule has 0 radical (unpaired) electrons. The number of nitrogen functional groups attached to an aromatic ring is 1. The van der Waals surface area contributed by atoms with E-state index >= 15 is 0 Å². The van der Waals surface area contributed by atoms with Crippen molar-refractivity contribution >= 4 is 22.2 Å². The van der Waals surface area contributed by atoms with E-state index in [2.05, 4.69) is 10.3 Å². The molecule has 72 valence electrons. The number of anilines is 2. The number of rotatable bonds is 3. The molecule has 1 aromatic carbocycles. The summed E-state index contributed by atoms with van der Waals surface area (Å²) in [5.41, 5.74) is 6.64. The molecular weight excluding hydrogens is 194 g/mol. The van der Waals surface area contributed by atoms with Crippen molar-refractivity contribution in [3.63, 3.8) is 0 Å². The highest BCUT2D eigenvalue weighted by Gasteiger charge is 1.97. The molecule has 0 bridgehead atoms. The highest BCUT2D eigenvalue weighted by atomic mass is 32.1. The monoisotopic (exact) mass is 205 g/mol. The molecule has 0 aliphatic rings. The minimum atomic E-state index is 0.620. The van der Waals surface area contributed by atoms with E-state index in [1.807, 2.05) is 30.3 Å². The van der Waals surface area contributed by atoms with Gasteiger partial charge in [0.05, 0.1) is 6.54 Å². The van der Waals surface area contributed by atoms with Crippen LogP contribution in [0.3, 0.4) is 0 Å². The van der Waals surface area contributed by atoms with Crippen molar-refractivity contribution < 1.29 is 0 Å². The van der Waals surface area contributed by atoms with E-state index < -0.39 is 0 Å². The molecule has 3 nitrogen and oxygen atoms in total. The van der Waals surface area contributed by atoms with Gasteiger partial charge in [-0.2, -0.15) is 0 Å². The molecule has 0 fully saturated rings. The summed E-state index contributed by atoms with van der Waals surface area (Å²) in [6, 6.07) is 10.1. The largest absolute Gasteiger partial charge is 0.380 e. The minimum Gasteiger partial charge on any atom is -0.380 e. The van der Waals surface area contributed by atoms with Gasteiger partial charge in [-0.15, -0.1) is 11.3 Å². The van der Waals surface area contributed by atoms with Crippen LogP contribution in [-0.2, 0) is 6.54 Å². The van der Waals surface area contributed by atoms with Crippen LogP contribution in [0, 0.1) is 0 Å². The Bertz CT molecular complexity index is 397. The van der Waals surface area contributed by atoms with Crippen LogP contribution in [0.1, 0.15) is 4.88 Å². The number of hydrogen-bond acceptors (Lipinski definition) is 4. The highest BCUT2D eigenvalue weighted by molar-refractivity contribution is 7.15. The molecule has 0 saturated carbocycles. The van der Waals surface area contributed by atoms with Gasteiger partial charge >= 0.3 is 0 Å². The number of nitrogens with one attached hydrogen (secondary N) is 1. The van der Waals surface area contributed by atoms with Crippen molar-refractivity contribution in [3.05, 3.63) is 41.4 Å². The Morgan fingerprint density at radius 2 is 2.07 bits per heavy atom. The maximum atomic E-state index is 5.53. The molecular formula is C10H11N3S. The summed E-state index contributed by atoms with van der Waals surface area (Å²) in [7, 11) is 0. The molecule has 0 amide bonds. The molecule has 0 aliphatic heterocycles. The zero-order valence-electron chi connectivity index (χ0n) is 7.60. The second kappa shape index (κ2) is 4.11.